The van der Waals surface area contributed by atoms with Gasteiger partial charge in [-0.3, -0.25) is 4.99 Å². The van der Waals surface area contributed by atoms with E-state index in [9.17, 15) is 5.11 Å². The fourth-order valence-electron chi connectivity index (χ4n) is 1.01. The van der Waals surface area contributed by atoms with Crippen LogP contribution in [-0.2, 0) is 0 Å². The van der Waals surface area contributed by atoms with Crippen LogP contribution in [0.5, 0.6) is 11.5 Å². The number of ether oxygens (including phenoxy) is 1. The molecule has 0 saturated carbocycles. The molecule has 1 aromatic carbocycles. The topological polar surface area (TPSA) is 41.8 Å². The molecule has 0 radical (unpaired) electrons. The van der Waals surface area contributed by atoms with E-state index in [1.54, 1.807) is 24.4 Å². The van der Waals surface area contributed by atoms with Crippen LogP contribution in [0.4, 0.5) is 0 Å². The molecule has 0 fully saturated rings. The van der Waals surface area contributed by atoms with E-state index in [2.05, 4.69) is 4.99 Å². The maximum atomic E-state index is 9.34. The molecule has 0 aliphatic rings. The first kappa shape index (κ1) is 10.6. The third-order valence-electron chi connectivity index (χ3n) is 1.73. The molecule has 1 rings (SSSR count). The summed E-state index contributed by atoms with van der Waals surface area (Å²) < 4.78 is 4.98. The van der Waals surface area contributed by atoms with Gasteiger partial charge in [-0.2, -0.15) is 0 Å². The second-order valence-electron chi connectivity index (χ2n) is 3.30. The summed E-state index contributed by atoms with van der Waals surface area (Å²) in [6, 6.07) is 5.42. The average molecular weight is 193 g/mol. The maximum Gasteiger partial charge on any atom is 0.161 e. The van der Waals surface area contributed by atoms with E-state index in [1.807, 2.05) is 13.8 Å². The first-order chi connectivity index (χ1) is 6.63. The molecule has 1 aromatic rings. The Labute approximate surface area is 84.1 Å². The fraction of sp³-hybridized carbons (Fsp3) is 0.364. The molecular formula is C11H15NO2. The fourth-order valence-corrected chi connectivity index (χ4v) is 1.01. The van der Waals surface area contributed by atoms with Crippen LogP contribution in [0.25, 0.3) is 0 Å². The van der Waals surface area contributed by atoms with E-state index < -0.39 is 0 Å². The molecule has 0 atom stereocenters. The lowest BCUT2D eigenvalue weighted by Crippen LogP contribution is -1.91. The molecule has 0 spiro atoms. The number of benzene rings is 1. The summed E-state index contributed by atoms with van der Waals surface area (Å²) >= 11 is 0. The van der Waals surface area contributed by atoms with E-state index in [-0.39, 0.29) is 11.8 Å². The van der Waals surface area contributed by atoms with Crippen molar-refractivity contribution in [3.8, 4) is 11.5 Å². The van der Waals surface area contributed by atoms with E-state index in [4.69, 9.17) is 4.74 Å². The molecule has 0 saturated heterocycles. The molecular weight excluding hydrogens is 178 g/mol. The number of aliphatic imine (C=N–C) groups is 1. The molecule has 0 bridgehead atoms. The van der Waals surface area contributed by atoms with Crippen LogP contribution in [-0.4, -0.2) is 24.5 Å². The minimum absolute atomic E-state index is 0.147. The number of phenols is 1. The average Bonchev–Trinajstić information content (AvgIpc) is 2.16. The Morgan fingerprint density at radius 3 is 2.71 bits per heavy atom. The Hall–Kier alpha value is -1.51. The third kappa shape index (κ3) is 2.76. The first-order valence-corrected chi connectivity index (χ1v) is 4.53. The zero-order valence-electron chi connectivity index (χ0n) is 8.69. The van der Waals surface area contributed by atoms with Gasteiger partial charge in [-0.05, 0) is 37.6 Å². The minimum Gasteiger partial charge on any atom is -0.504 e. The van der Waals surface area contributed by atoms with Crippen molar-refractivity contribution in [2.45, 2.75) is 19.9 Å². The number of phenolic OH excluding ortho intramolecular Hbond substituents is 1. The van der Waals surface area contributed by atoms with Gasteiger partial charge in [0.15, 0.2) is 11.5 Å². The Morgan fingerprint density at radius 2 is 2.14 bits per heavy atom. The second-order valence-corrected chi connectivity index (χ2v) is 3.30. The summed E-state index contributed by atoms with van der Waals surface area (Å²) in [6.45, 7) is 4.02. The zero-order chi connectivity index (χ0) is 10.6. The van der Waals surface area contributed by atoms with Gasteiger partial charge >= 0.3 is 0 Å². The summed E-state index contributed by atoms with van der Waals surface area (Å²) in [5, 5.41) is 9.34. The van der Waals surface area contributed by atoms with Gasteiger partial charge in [0, 0.05) is 12.3 Å². The van der Waals surface area contributed by atoms with E-state index in [0.29, 0.717) is 5.75 Å². The minimum atomic E-state index is 0.147. The number of hydrogen-bond acceptors (Lipinski definition) is 3. The maximum absolute atomic E-state index is 9.34. The van der Waals surface area contributed by atoms with Crippen molar-refractivity contribution in [1.82, 2.24) is 0 Å². The third-order valence-corrected chi connectivity index (χ3v) is 1.73. The molecule has 0 amide bonds. The van der Waals surface area contributed by atoms with Gasteiger partial charge in [-0.25, -0.2) is 0 Å². The number of aromatic hydroxyl groups is 1. The predicted octanol–water partition coefficient (Wildman–Crippen LogP) is 2.23. The molecule has 0 aliphatic carbocycles. The van der Waals surface area contributed by atoms with Crippen molar-refractivity contribution in [2.75, 3.05) is 7.11 Å². The first-order valence-electron chi connectivity index (χ1n) is 4.53. The molecule has 3 heteroatoms. The standard InChI is InChI=1S/C11H15NO2/c1-8(2)12-7-9-4-5-10(13)11(6-9)14-3/h4-8,13H,1-3H3. The molecule has 0 unspecified atom stereocenters. The molecule has 0 aromatic heterocycles. The highest BCUT2D eigenvalue weighted by Gasteiger charge is 2.00. The Balaban J connectivity index is 2.89. The molecule has 0 aliphatic heterocycles. The number of methoxy groups -OCH3 is 1. The van der Waals surface area contributed by atoms with Gasteiger partial charge in [-0.15, -0.1) is 0 Å². The lowest BCUT2D eigenvalue weighted by molar-refractivity contribution is 0.373. The quantitative estimate of drug-likeness (QED) is 0.748. The highest BCUT2D eigenvalue weighted by molar-refractivity contribution is 5.80. The van der Waals surface area contributed by atoms with Crippen LogP contribution < -0.4 is 4.74 Å². The van der Waals surface area contributed by atoms with Crippen molar-refractivity contribution in [3.63, 3.8) is 0 Å². The largest absolute Gasteiger partial charge is 0.504 e. The summed E-state index contributed by atoms with van der Waals surface area (Å²) in [4.78, 5) is 4.24. The Kier molecular flexibility index (Phi) is 3.51. The summed E-state index contributed by atoms with van der Waals surface area (Å²) in [6.07, 6.45) is 1.77. The van der Waals surface area contributed by atoms with Crippen LogP contribution in [0.2, 0.25) is 0 Å². The molecule has 1 N–H and O–H groups in total. The predicted molar refractivity (Wildman–Crippen MR) is 57.4 cm³/mol. The van der Waals surface area contributed by atoms with Crippen LogP contribution >= 0.6 is 0 Å². The molecule has 3 nitrogen and oxygen atoms in total. The van der Waals surface area contributed by atoms with Crippen molar-refractivity contribution >= 4 is 6.21 Å². The lowest BCUT2D eigenvalue weighted by atomic mass is 10.2. The van der Waals surface area contributed by atoms with Crippen molar-refractivity contribution in [1.29, 1.82) is 0 Å². The molecule has 76 valence electrons. The highest BCUT2D eigenvalue weighted by Crippen LogP contribution is 2.25. The highest BCUT2D eigenvalue weighted by atomic mass is 16.5. The van der Waals surface area contributed by atoms with Crippen LogP contribution in [0.3, 0.4) is 0 Å². The van der Waals surface area contributed by atoms with E-state index in [1.165, 1.54) is 7.11 Å². The number of hydrogen-bond donors (Lipinski definition) is 1. The van der Waals surface area contributed by atoms with Gasteiger partial charge in [-0.1, -0.05) is 0 Å². The van der Waals surface area contributed by atoms with Gasteiger partial charge in [0.1, 0.15) is 0 Å². The summed E-state index contributed by atoms with van der Waals surface area (Å²) in [5.74, 6) is 0.618. The lowest BCUT2D eigenvalue weighted by Gasteiger charge is -2.03. The van der Waals surface area contributed by atoms with Crippen LogP contribution in [0.15, 0.2) is 23.2 Å². The second kappa shape index (κ2) is 4.65. The van der Waals surface area contributed by atoms with Gasteiger partial charge < -0.3 is 9.84 Å². The van der Waals surface area contributed by atoms with Crippen molar-refractivity contribution in [2.24, 2.45) is 4.99 Å². The zero-order valence-corrected chi connectivity index (χ0v) is 8.69. The summed E-state index contributed by atoms with van der Waals surface area (Å²) in [5.41, 5.74) is 0.924. The van der Waals surface area contributed by atoms with Crippen LogP contribution in [0.1, 0.15) is 19.4 Å². The van der Waals surface area contributed by atoms with Gasteiger partial charge in [0.25, 0.3) is 0 Å². The number of rotatable bonds is 3. The van der Waals surface area contributed by atoms with Gasteiger partial charge in [0.05, 0.1) is 7.11 Å². The van der Waals surface area contributed by atoms with Crippen molar-refractivity contribution in [3.05, 3.63) is 23.8 Å². The Morgan fingerprint density at radius 1 is 1.43 bits per heavy atom. The van der Waals surface area contributed by atoms with Crippen LogP contribution in [0, 0.1) is 0 Å². The normalized spacial score (nSPS) is 11.1. The number of nitrogens with zero attached hydrogens (tertiary/aromatic N) is 1. The SMILES string of the molecule is COc1cc(C=NC(C)C)ccc1O. The van der Waals surface area contributed by atoms with Crippen molar-refractivity contribution < 1.29 is 9.84 Å². The summed E-state index contributed by atoms with van der Waals surface area (Å²) in [7, 11) is 1.53. The van der Waals surface area contributed by atoms with Gasteiger partial charge in [0.2, 0.25) is 0 Å². The van der Waals surface area contributed by atoms with E-state index >= 15 is 0 Å². The smallest absolute Gasteiger partial charge is 0.161 e. The van der Waals surface area contributed by atoms with E-state index in [0.717, 1.165) is 5.56 Å². The Bertz CT molecular complexity index is 332. The monoisotopic (exact) mass is 193 g/mol. The molecule has 14 heavy (non-hydrogen) atoms. The molecule has 0 heterocycles.